The van der Waals surface area contributed by atoms with E-state index in [0.29, 0.717) is 10.6 Å². The number of esters is 1. The lowest BCUT2D eigenvalue weighted by molar-refractivity contribution is -0.385. The van der Waals surface area contributed by atoms with Gasteiger partial charge in [0.05, 0.1) is 21.2 Å². The van der Waals surface area contributed by atoms with Crippen LogP contribution >= 0.6 is 23.2 Å². The molecule has 0 aliphatic rings. The molecule has 2 aromatic carbocycles. The Bertz CT molecular complexity index is 885. The number of nitrogens with one attached hydrogen (secondary N) is 1. The lowest BCUT2D eigenvalue weighted by atomic mass is 10.1. The number of amides is 1. The Morgan fingerprint density at radius 3 is 2.54 bits per heavy atom. The van der Waals surface area contributed by atoms with Gasteiger partial charge in [-0.25, -0.2) is 4.79 Å². The summed E-state index contributed by atoms with van der Waals surface area (Å²) in [4.78, 5) is 34.7. The summed E-state index contributed by atoms with van der Waals surface area (Å²) in [5.41, 5.74) is 0.455. The van der Waals surface area contributed by atoms with Crippen LogP contribution in [0.3, 0.4) is 0 Å². The normalized spacial score (nSPS) is 11.5. The molecule has 0 unspecified atom stereocenters. The van der Waals surface area contributed by atoms with Gasteiger partial charge in [-0.2, -0.15) is 0 Å². The zero-order chi connectivity index (χ0) is 19.4. The third-order valence-electron chi connectivity index (χ3n) is 3.48. The van der Waals surface area contributed by atoms with E-state index in [1.165, 1.54) is 31.2 Å². The van der Waals surface area contributed by atoms with Gasteiger partial charge in [-0.05, 0) is 38.1 Å². The molecule has 0 radical (unpaired) electrons. The zero-order valence-corrected chi connectivity index (χ0v) is 15.3. The van der Waals surface area contributed by atoms with Crippen LogP contribution in [0.2, 0.25) is 10.0 Å². The van der Waals surface area contributed by atoms with Crippen molar-refractivity contribution in [3.8, 4) is 0 Å². The maximum atomic E-state index is 12.2. The van der Waals surface area contributed by atoms with Crippen LogP contribution in [-0.2, 0) is 9.53 Å². The van der Waals surface area contributed by atoms with E-state index in [1.54, 1.807) is 13.0 Å². The Morgan fingerprint density at radius 1 is 1.19 bits per heavy atom. The summed E-state index contributed by atoms with van der Waals surface area (Å²) in [5.74, 6) is -1.47. The Balaban J connectivity index is 2.09. The molecule has 26 heavy (non-hydrogen) atoms. The van der Waals surface area contributed by atoms with Gasteiger partial charge in [-0.15, -0.1) is 0 Å². The maximum Gasteiger partial charge on any atom is 0.339 e. The number of halogens is 2. The van der Waals surface area contributed by atoms with Crippen LogP contribution < -0.4 is 5.32 Å². The highest BCUT2D eigenvalue weighted by atomic mass is 35.5. The highest BCUT2D eigenvalue weighted by molar-refractivity contribution is 6.35. The number of carbonyl (C=O) groups is 2. The van der Waals surface area contributed by atoms with Crippen LogP contribution in [0.4, 0.5) is 11.4 Å². The number of hydrogen-bond acceptors (Lipinski definition) is 5. The highest BCUT2D eigenvalue weighted by Crippen LogP contribution is 2.26. The van der Waals surface area contributed by atoms with Crippen molar-refractivity contribution in [2.24, 2.45) is 0 Å². The number of carbonyl (C=O) groups excluding carboxylic acids is 2. The molecule has 0 fully saturated rings. The van der Waals surface area contributed by atoms with Gasteiger partial charge in [0.15, 0.2) is 6.10 Å². The summed E-state index contributed by atoms with van der Waals surface area (Å²) in [6.07, 6.45) is -1.15. The quantitative estimate of drug-likeness (QED) is 0.458. The third kappa shape index (κ3) is 4.71. The zero-order valence-electron chi connectivity index (χ0n) is 13.8. The Kier molecular flexibility index (Phi) is 6.18. The molecule has 0 spiro atoms. The topological polar surface area (TPSA) is 98.5 Å². The predicted molar refractivity (Wildman–Crippen MR) is 97.8 cm³/mol. The number of nitro groups is 1. The molecule has 0 saturated carbocycles. The Hall–Kier alpha value is -2.64. The average Bonchev–Trinajstić information content (AvgIpc) is 2.58. The average molecular weight is 397 g/mol. The molecule has 0 heterocycles. The molecule has 2 aromatic rings. The van der Waals surface area contributed by atoms with Crippen molar-refractivity contribution in [1.29, 1.82) is 0 Å². The molecule has 0 aromatic heterocycles. The molecule has 0 saturated heterocycles. The standard InChI is InChI=1S/C17H14Cl2N2O5/c1-9-3-4-11(7-15(9)21(24)25)17(23)26-10(2)16(22)20-14-8-12(18)5-6-13(14)19/h3-8,10H,1-2H3,(H,20,22)/t10-/m1/s1. The maximum absolute atomic E-state index is 12.2. The molecule has 7 nitrogen and oxygen atoms in total. The first kappa shape index (κ1) is 19.7. The van der Waals surface area contributed by atoms with Crippen molar-refractivity contribution in [3.63, 3.8) is 0 Å². The fourth-order valence-electron chi connectivity index (χ4n) is 2.04. The minimum absolute atomic E-state index is 0.0252. The second kappa shape index (κ2) is 8.16. The number of benzene rings is 2. The van der Waals surface area contributed by atoms with Crippen molar-refractivity contribution in [1.82, 2.24) is 0 Å². The second-order valence-corrected chi connectivity index (χ2v) is 6.26. The van der Waals surface area contributed by atoms with E-state index < -0.39 is 22.9 Å². The first-order valence-corrected chi connectivity index (χ1v) is 8.16. The number of anilines is 1. The largest absolute Gasteiger partial charge is 0.449 e. The molecule has 1 atom stereocenters. The molecular weight excluding hydrogens is 383 g/mol. The molecule has 0 aliphatic carbocycles. The van der Waals surface area contributed by atoms with Crippen molar-refractivity contribution < 1.29 is 19.2 Å². The van der Waals surface area contributed by atoms with E-state index in [9.17, 15) is 19.7 Å². The van der Waals surface area contributed by atoms with Crippen LogP contribution in [0.15, 0.2) is 36.4 Å². The first-order valence-electron chi connectivity index (χ1n) is 7.41. The minimum atomic E-state index is -1.15. The summed E-state index contributed by atoms with van der Waals surface area (Å²) >= 11 is 11.8. The fraction of sp³-hybridized carbons (Fsp3) is 0.176. The van der Waals surface area contributed by atoms with Crippen molar-refractivity contribution in [2.45, 2.75) is 20.0 Å². The van der Waals surface area contributed by atoms with Crippen molar-refractivity contribution in [2.75, 3.05) is 5.32 Å². The summed E-state index contributed by atoms with van der Waals surface area (Å²) < 4.78 is 5.07. The second-order valence-electron chi connectivity index (χ2n) is 5.42. The number of rotatable bonds is 5. The molecule has 136 valence electrons. The van der Waals surface area contributed by atoms with Crippen LogP contribution in [0.25, 0.3) is 0 Å². The van der Waals surface area contributed by atoms with Gasteiger partial charge in [-0.1, -0.05) is 29.3 Å². The number of nitro benzene ring substituents is 1. The molecule has 9 heteroatoms. The van der Waals surface area contributed by atoms with E-state index in [1.807, 2.05) is 0 Å². The van der Waals surface area contributed by atoms with Gasteiger partial charge in [0.2, 0.25) is 0 Å². The van der Waals surface area contributed by atoms with E-state index >= 15 is 0 Å². The lowest BCUT2D eigenvalue weighted by Gasteiger charge is -2.14. The molecule has 2 rings (SSSR count). The molecule has 0 bridgehead atoms. The summed E-state index contributed by atoms with van der Waals surface area (Å²) in [7, 11) is 0. The van der Waals surface area contributed by atoms with Gasteiger partial charge in [0.25, 0.3) is 11.6 Å². The Morgan fingerprint density at radius 2 is 1.88 bits per heavy atom. The van der Waals surface area contributed by atoms with Gasteiger partial charge >= 0.3 is 5.97 Å². The van der Waals surface area contributed by atoms with Crippen LogP contribution in [0.1, 0.15) is 22.8 Å². The monoisotopic (exact) mass is 396 g/mol. The summed E-state index contributed by atoms with van der Waals surface area (Å²) in [5, 5.41) is 14.1. The molecule has 1 amide bonds. The van der Waals surface area contributed by atoms with E-state index in [2.05, 4.69) is 5.32 Å². The number of nitrogens with zero attached hydrogens (tertiary/aromatic N) is 1. The summed E-state index contributed by atoms with van der Waals surface area (Å²) in [6, 6.07) is 8.47. The predicted octanol–water partition coefficient (Wildman–Crippen LogP) is 4.39. The van der Waals surface area contributed by atoms with E-state index in [-0.39, 0.29) is 22.0 Å². The minimum Gasteiger partial charge on any atom is -0.449 e. The molecular formula is C17H14Cl2N2O5. The molecule has 1 N–H and O–H groups in total. The van der Waals surface area contributed by atoms with E-state index in [4.69, 9.17) is 27.9 Å². The number of ether oxygens (including phenoxy) is 1. The van der Waals surface area contributed by atoms with Crippen LogP contribution in [0.5, 0.6) is 0 Å². The smallest absolute Gasteiger partial charge is 0.339 e. The third-order valence-corrected chi connectivity index (χ3v) is 4.05. The van der Waals surface area contributed by atoms with Gasteiger partial charge < -0.3 is 10.1 Å². The summed E-state index contributed by atoms with van der Waals surface area (Å²) in [6.45, 7) is 2.92. The van der Waals surface area contributed by atoms with Crippen LogP contribution in [-0.4, -0.2) is 22.9 Å². The SMILES string of the molecule is Cc1ccc(C(=O)O[C@H](C)C(=O)Nc2cc(Cl)ccc2Cl)cc1[N+](=O)[O-]. The highest BCUT2D eigenvalue weighted by Gasteiger charge is 2.22. The first-order chi connectivity index (χ1) is 12.2. The van der Waals surface area contributed by atoms with Gasteiger partial charge in [0.1, 0.15) is 0 Å². The van der Waals surface area contributed by atoms with E-state index in [0.717, 1.165) is 6.07 Å². The van der Waals surface area contributed by atoms with Crippen molar-refractivity contribution in [3.05, 3.63) is 67.7 Å². The number of aryl methyl sites for hydroxylation is 1. The van der Waals surface area contributed by atoms with Gasteiger partial charge in [0, 0.05) is 16.7 Å². The van der Waals surface area contributed by atoms with Crippen LogP contribution in [0, 0.1) is 17.0 Å². The fourth-order valence-corrected chi connectivity index (χ4v) is 2.38. The molecule has 0 aliphatic heterocycles. The Labute approximate surface area is 159 Å². The lowest BCUT2D eigenvalue weighted by Crippen LogP contribution is -2.30. The number of hydrogen-bond donors (Lipinski definition) is 1. The van der Waals surface area contributed by atoms with Gasteiger partial charge in [-0.3, -0.25) is 14.9 Å². The van der Waals surface area contributed by atoms with Crippen molar-refractivity contribution >= 4 is 46.5 Å².